The van der Waals surface area contributed by atoms with Gasteiger partial charge in [-0.05, 0) is 31.5 Å². The molecular weight excluding hydrogens is 360 g/mol. The van der Waals surface area contributed by atoms with Crippen molar-refractivity contribution in [1.29, 1.82) is 0 Å². The normalized spacial score (nSPS) is 15.4. The summed E-state index contributed by atoms with van der Waals surface area (Å²) in [5.41, 5.74) is 9.45. The van der Waals surface area contributed by atoms with Crippen LogP contribution < -0.4 is 15.8 Å². The Kier molecular flexibility index (Phi) is 4.74. The molecule has 1 aliphatic rings. The molecule has 4 heterocycles. The van der Waals surface area contributed by atoms with Gasteiger partial charge in [-0.1, -0.05) is 0 Å². The molecule has 0 aliphatic carbocycles. The smallest absolute Gasteiger partial charge is 0.270 e. The van der Waals surface area contributed by atoms with Crippen molar-refractivity contribution < 1.29 is 14.3 Å². The van der Waals surface area contributed by atoms with E-state index < -0.39 is 0 Å². The number of pyridine rings is 2. The highest BCUT2D eigenvalue weighted by Gasteiger charge is 2.26. The van der Waals surface area contributed by atoms with E-state index in [4.69, 9.17) is 15.2 Å². The molecule has 1 atom stereocenters. The van der Waals surface area contributed by atoms with Gasteiger partial charge in [0.25, 0.3) is 5.91 Å². The maximum atomic E-state index is 12.5. The molecular formula is C19H20N6O3. The number of rotatable bonds is 5. The Morgan fingerprint density at radius 1 is 1.39 bits per heavy atom. The Morgan fingerprint density at radius 2 is 2.25 bits per heavy atom. The van der Waals surface area contributed by atoms with Crippen LogP contribution in [0.15, 0.2) is 24.4 Å². The van der Waals surface area contributed by atoms with Gasteiger partial charge in [-0.15, -0.1) is 5.10 Å². The number of amides is 1. The molecule has 0 radical (unpaired) electrons. The third-order valence-corrected chi connectivity index (χ3v) is 4.58. The van der Waals surface area contributed by atoms with Crippen LogP contribution >= 0.6 is 0 Å². The molecule has 0 unspecified atom stereocenters. The van der Waals surface area contributed by atoms with Crippen molar-refractivity contribution in [3.63, 3.8) is 0 Å². The highest BCUT2D eigenvalue weighted by Crippen LogP contribution is 2.37. The Balaban J connectivity index is 1.54. The predicted octanol–water partition coefficient (Wildman–Crippen LogP) is 1.92. The lowest BCUT2D eigenvalue weighted by atomic mass is 10.0. The van der Waals surface area contributed by atoms with Gasteiger partial charge in [0.05, 0.1) is 43.3 Å². The van der Waals surface area contributed by atoms with Crippen LogP contribution in [0.4, 0.5) is 5.82 Å². The van der Waals surface area contributed by atoms with E-state index in [0.29, 0.717) is 41.8 Å². The second kappa shape index (κ2) is 7.35. The molecule has 0 aromatic carbocycles. The molecule has 1 aliphatic heterocycles. The van der Waals surface area contributed by atoms with Gasteiger partial charge in [-0.2, -0.15) is 5.10 Å². The van der Waals surface area contributed by atoms with Crippen LogP contribution in [0.5, 0.6) is 5.88 Å². The summed E-state index contributed by atoms with van der Waals surface area (Å²) < 4.78 is 10.9. The standard InChI is InChI=1S/C19H20N6O3/c1-3-27-16-5-4-11(24-25-16)7-22-19(26)14-6-12-13-9-28-10(2)17(13)18(20)23-15(12)8-21-14/h4-6,8,10H,3,7,9H2,1-2H3,(H2,20,23)(H,22,26)/t10-/m1/s1. The first-order valence-corrected chi connectivity index (χ1v) is 9.00. The van der Waals surface area contributed by atoms with Crippen LogP contribution in [-0.2, 0) is 17.9 Å². The van der Waals surface area contributed by atoms with Crippen molar-refractivity contribution in [3.8, 4) is 5.88 Å². The predicted molar refractivity (Wildman–Crippen MR) is 102 cm³/mol. The van der Waals surface area contributed by atoms with Gasteiger partial charge in [0.2, 0.25) is 5.88 Å². The molecule has 0 fully saturated rings. The second-order valence-electron chi connectivity index (χ2n) is 6.41. The van der Waals surface area contributed by atoms with Crippen molar-refractivity contribution in [1.82, 2.24) is 25.5 Å². The average molecular weight is 380 g/mol. The molecule has 0 saturated heterocycles. The highest BCUT2D eigenvalue weighted by atomic mass is 16.5. The second-order valence-corrected chi connectivity index (χ2v) is 6.41. The van der Waals surface area contributed by atoms with Crippen LogP contribution in [0.2, 0.25) is 0 Å². The highest BCUT2D eigenvalue weighted by molar-refractivity contribution is 5.97. The minimum atomic E-state index is -0.310. The summed E-state index contributed by atoms with van der Waals surface area (Å²) >= 11 is 0. The van der Waals surface area contributed by atoms with Gasteiger partial charge >= 0.3 is 0 Å². The van der Waals surface area contributed by atoms with Crippen molar-refractivity contribution in [2.45, 2.75) is 33.1 Å². The van der Waals surface area contributed by atoms with Crippen molar-refractivity contribution >= 4 is 22.6 Å². The van der Waals surface area contributed by atoms with Gasteiger partial charge < -0.3 is 20.5 Å². The molecule has 3 N–H and O–H groups in total. The third-order valence-electron chi connectivity index (χ3n) is 4.58. The fraction of sp³-hybridized carbons (Fsp3) is 0.316. The van der Waals surface area contributed by atoms with Gasteiger partial charge in [-0.3, -0.25) is 4.79 Å². The zero-order valence-electron chi connectivity index (χ0n) is 15.6. The first-order chi connectivity index (χ1) is 13.6. The third kappa shape index (κ3) is 3.31. The summed E-state index contributed by atoms with van der Waals surface area (Å²) in [6.07, 6.45) is 1.44. The fourth-order valence-corrected chi connectivity index (χ4v) is 3.22. The lowest BCUT2D eigenvalue weighted by molar-refractivity contribution is 0.0801. The molecule has 0 bridgehead atoms. The number of carbonyl (C=O) groups is 1. The minimum Gasteiger partial charge on any atom is -0.477 e. The molecule has 9 heteroatoms. The van der Waals surface area contributed by atoms with Crippen molar-refractivity contribution in [3.05, 3.63) is 46.9 Å². The number of fused-ring (bicyclic) bond motifs is 3. The van der Waals surface area contributed by atoms with Crippen LogP contribution in [0.25, 0.3) is 10.9 Å². The number of nitrogens with zero attached hydrogens (tertiary/aromatic N) is 4. The zero-order chi connectivity index (χ0) is 19.7. The number of nitrogens with two attached hydrogens (primary N) is 1. The van der Waals surface area contributed by atoms with Crippen LogP contribution in [0.1, 0.15) is 47.3 Å². The molecule has 3 aromatic heterocycles. The SMILES string of the molecule is CCOc1ccc(CNC(=O)c2cc3c4c(c(N)nc3cn2)[C@@H](C)OC4)nn1. The van der Waals surface area contributed by atoms with Gasteiger partial charge in [0.1, 0.15) is 11.5 Å². The Morgan fingerprint density at radius 3 is 3.00 bits per heavy atom. The first kappa shape index (κ1) is 18.1. The van der Waals surface area contributed by atoms with E-state index in [9.17, 15) is 4.79 Å². The fourth-order valence-electron chi connectivity index (χ4n) is 3.22. The quantitative estimate of drug-likeness (QED) is 0.688. The number of nitrogens with one attached hydrogen (secondary N) is 1. The molecule has 9 nitrogen and oxygen atoms in total. The monoisotopic (exact) mass is 380 g/mol. The number of anilines is 1. The van der Waals surface area contributed by atoms with Gasteiger partial charge in [-0.25, -0.2) is 9.97 Å². The molecule has 0 saturated carbocycles. The molecule has 4 rings (SSSR count). The van der Waals surface area contributed by atoms with Crippen molar-refractivity contribution in [2.24, 2.45) is 0 Å². The maximum absolute atomic E-state index is 12.5. The molecule has 144 valence electrons. The van der Waals surface area contributed by atoms with Crippen molar-refractivity contribution in [2.75, 3.05) is 12.3 Å². The first-order valence-electron chi connectivity index (χ1n) is 9.00. The van der Waals surface area contributed by atoms with Crippen LogP contribution in [0.3, 0.4) is 0 Å². The van der Waals surface area contributed by atoms with Gasteiger partial charge in [0.15, 0.2) is 0 Å². The average Bonchev–Trinajstić information content (AvgIpc) is 3.10. The Bertz CT molecular complexity index is 1040. The number of ether oxygens (including phenoxy) is 2. The number of aromatic nitrogens is 4. The molecule has 28 heavy (non-hydrogen) atoms. The van der Waals surface area contributed by atoms with E-state index in [1.165, 1.54) is 0 Å². The zero-order valence-corrected chi connectivity index (χ0v) is 15.6. The molecule has 1 amide bonds. The largest absolute Gasteiger partial charge is 0.477 e. The maximum Gasteiger partial charge on any atom is 0.270 e. The number of hydrogen-bond acceptors (Lipinski definition) is 8. The molecule has 0 spiro atoms. The summed E-state index contributed by atoms with van der Waals surface area (Å²) in [7, 11) is 0. The summed E-state index contributed by atoms with van der Waals surface area (Å²) in [6, 6.07) is 5.19. The lowest BCUT2D eigenvalue weighted by Crippen LogP contribution is -2.24. The van der Waals surface area contributed by atoms with E-state index in [1.54, 1.807) is 24.4 Å². The summed E-state index contributed by atoms with van der Waals surface area (Å²) in [6.45, 7) is 5.00. The Labute approximate surface area is 161 Å². The van der Waals surface area contributed by atoms with Crippen LogP contribution in [-0.4, -0.2) is 32.7 Å². The number of nitrogen functional groups attached to an aromatic ring is 1. The van der Waals surface area contributed by atoms with E-state index >= 15 is 0 Å². The summed E-state index contributed by atoms with van der Waals surface area (Å²) in [4.78, 5) is 21.1. The van der Waals surface area contributed by atoms with E-state index in [2.05, 4.69) is 25.5 Å². The number of hydrogen-bond donors (Lipinski definition) is 2. The van der Waals surface area contributed by atoms with Gasteiger partial charge in [0, 0.05) is 17.0 Å². The van der Waals surface area contributed by atoms with E-state index in [-0.39, 0.29) is 18.6 Å². The van der Waals surface area contributed by atoms with Crippen LogP contribution in [0, 0.1) is 0 Å². The minimum absolute atomic E-state index is 0.115. The summed E-state index contributed by atoms with van der Waals surface area (Å²) in [5, 5.41) is 11.6. The Hall–Kier alpha value is -3.33. The lowest BCUT2D eigenvalue weighted by Gasteiger charge is -2.10. The summed E-state index contributed by atoms with van der Waals surface area (Å²) in [5.74, 6) is 0.585. The topological polar surface area (TPSA) is 125 Å². The van der Waals surface area contributed by atoms with E-state index in [0.717, 1.165) is 16.5 Å². The van der Waals surface area contributed by atoms with E-state index in [1.807, 2.05) is 13.8 Å². The number of carbonyl (C=O) groups excluding carboxylic acids is 1. The molecule has 3 aromatic rings.